The van der Waals surface area contributed by atoms with E-state index in [0.29, 0.717) is 57.0 Å². The Morgan fingerprint density at radius 1 is 1.06 bits per heavy atom. The molecular weight excluding hydrogens is 435 g/mol. The summed E-state index contributed by atoms with van der Waals surface area (Å²) in [4.78, 5) is 30.3. The maximum absolute atomic E-state index is 13.0. The predicted octanol–water partition coefficient (Wildman–Crippen LogP) is 3.87. The number of carbonyl (C=O) groups excluding carboxylic acids is 2. The fraction of sp³-hybridized carbons (Fsp3) is 0.417. The Balaban J connectivity index is 1.28. The van der Waals surface area contributed by atoms with Crippen LogP contribution < -0.4 is 14.5 Å². The highest BCUT2D eigenvalue weighted by molar-refractivity contribution is 5.98. The largest absolute Gasteiger partial charge is 0.482 e. The van der Waals surface area contributed by atoms with E-state index < -0.39 is 11.7 Å². The summed E-state index contributed by atoms with van der Waals surface area (Å²) in [5.74, 6) is 0.524. The van der Waals surface area contributed by atoms with Crippen molar-refractivity contribution in [3.8, 4) is 5.75 Å². The smallest absolute Gasteiger partial charge is 0.416 e. The third kappa shape index (κ3) is 5.23. The molecule has 2 aromatic rings. The van der Waals surface area contributed by atoms with Gasteiger partial charge in [0.2, 0.25) is 5.91 Å². The quantitative estimate of drug-likeness (QED) is 0.679. The number of aryl methyl sites for hydroxylation is 1. The lowest BCUT2D eigenvalue weighted by molar-refractivity contribution is -0.137. The summed E-state index contributed by atoms with van der Waals surface area (Å²) in [5.41, 5.74) is 1.59. The van der Waals surface area contributed by atoms with Crippen LogP contribution in [0.25, 0.3) is 0 Å². The molecule has 9 heteroatoms. The lowest BCUT2D eigenvalue weighted by Gasteiger charge is -2.36. The van der Waals surface area contributed by atoms with E-state index in [4.69, 9.17) is 4.74 Å². The van der Waals surface area contributed by atoms with E-state index in [0.717, 1.165) is 23.4 Å². The summed E-state index contributed by atoms with van der Waals surface area (Å²) < 4.78 is 44.4. The van der Waals surface area contributed by atoms with Crippen LogP contribution in [0.4, 0.5) is 24.5 Å². The topological polar surface area (TPSA) is 53.1 Å². The number of carbonyl (C=O) groups is 2. The number of ether oxygens (including phenoxy) is 1. The fourth-order valence-electron chi connectivity index (χ4n) is 4.20. The zero-order valence-electron chi connectivity index (χ0n) is 18.4. The number of hydrogen-bond donors (Lipinski definition) is 0. The van der Waals surface area contributed by atoms with E-state index in [2.05, 4.69) is 0 Å². The van der Waals surface area contributed by atoms with Crippen molar-refractivity contribution >= 4 is 23.2 Å². The molecule has 33 heavy (non-hydrogen) atoms. The van der Waals surface area contributed by atoms with Gasteiger partial charge in [-0.05, 0) is 49.2 Å². The normalized spacial score (nSPS) is 16.5. The van der Waals surface area contributed by atoms with Crippen LogP contribution in [0.15, 0.2) is 42.5 Å². The van der Waals surface area contributed by atoms with Crippen molar-refractivity contribution in [3.63, 3.8) is 0 Å². The average Bonchev–Trinajstić information content (AvgIpc) is 2.80. The monoisotopic (exact) mass is 461 g/mol. The Morgan fingerprint density at radius 2 is 1.82 bits per heavy atom. The number of amides is 2. The molecule has 1 fully saturated rings. The molecule has 0 atom stereocenters. The molecular formula is C24H26F3N3O3. The molecule has 0 aromatic heterocycles. The number of alkyl halides is 3. The van der Waals surface area contributed by atoms with Gasteiger partial charge in [0.15, 0.2) is 6.61 Å². The van der Waals surface area contributed by atoms with Gasteiger partial charge in [-0.3, -0.25) is 9.59 Å². The lowest BCUT2D eigenvalue weighted by Crippen LogP contribution is -2.49. The zero-order chi connectivity index (χ0) is 23.6. The number of rotatable bonds is 5. The first-order valence-electron chi connectivity index (χ1n) is 11.0. The second-order valence-corrected chi connectivity index (χ2v) is 8.32. The number of benzene rings is 2. The lowest BCUT2D eigenvalue weighted by atomic mass is 10.1. The Morgan fingerprint density at radius 3 is 2.55 bits per heavy atom. The maximum atomic E-state index is 13.0. The van der Waals surface area contributed by atoms with Crippen molar-refractivity contribution in [1.82, 2.24) is 4.90 Å². The number of nitrogens with zero attached hydrogens (tertiary/aromatic N) is 3. The van der Waals surface area contributed by atoms with Crippen molar-refractivity contribution in [2.45, 2.75) is 25.9 Å². The van der Waals surface area contributed by atoms with Crippen molar-refractivity contribution < 1.29 is 27.5 Å². The van der Waals surface area contributed by atoms with Crippen LogP contribution in [0.5, 0.6) is 5.75 Å². The Kier molecular flexibility index (Phi) is 6.49. The summed E-state index contributed by atoms with van der Waals surface area (Å²) in [7, 11) is 0. The number of piperazine rings is 1. The van der Waals surface area contributed by atoms with Crippen LogP contribution in [0.2, 0.25) is 0 Å². The molecule has 2 amide bonds. The van der Waals surface area contributed by atoms with E-state index in [-0.39, 0.29) is 18.4 Å². The molecule has 0 bridgehead atoms. The standard InChI is InChI=1S/C24H26F3N3O3/c1-17-7-8-21-20(14-17)30(23(32)16-33-21)9-3-6-22(31)29-12-10-28(11-13-29)19-5-2-4-18(15-19)24(25,26)27/h2,4-5,7-8,14-15H,3,6,9-13,16H2,1H3. The molecule has 0 N–H and O–H groups in total. The van der Waals surface area contributed by atoms with Crippen molar-refractivity contribution in [3.05, 3.63) is 53.6 Å². The van der Waals surface area contributed by atoms with Gasteiger partial charge >= 0.3 is 6.18 Å². The first-order chi connectivity index (χ1) is 15.7. The van der Waals surface area contributed by atoms with Gasteiger partial charge in [-0.1, -0.05) is 12.1 Å². The Labute approximate surface area is 190 Å². The van der Waals surface area contributed by atoms with Crippen LogP contribution >= 0.6 is 0 Å². The van der Waals surface area contributed by atoms with Crippen molar-refractivity contribution in [2.75, 3.05) is 49.1 Å². The molecule has 0 radical (unpaired) electrons. The minimum atomic E-state index is -4.38. The van der Waals surface area contributed by atoms with Gasteiger partial charge < -0.3 is 19.4 Å². The minimum absolute atomic E-state index is 0.0103. The summed E-state index contributed by atoms with van der Waals surface area (Å²) in [6, 6.07) is 10.9. The highest BCUT2D eigenvalue weighted by Gasteiger charge is 2.31. The average molecular weight is 461 g/mol. The summed E-state index contributed by atoms with van der Waals surface area (Å²) in [6.45, 7) is 4.21. The van der Waals surface area contributed by atoms with Crippen LogP contribution in [-0.4, -0.2) is 56.0 Å². The SMILES string of the molecule is Cc1ccc2c(c1)N(CCCC(=O)N1CCN(c3cccc(C(F)(F)F)c3)CC1)C(=O)CO2. The van der Waals surface area contributed by atoms with E-state index >= 15 is 0 Å². The second-order valence-electron chi connectivity index (χ2n) is 8.32. The number of fused-ring (bicyclic) bond motifs is 1. The van der Waals surface area contributed by atoms with E-state index in [9.17, 15) is 22.8 Å². The Hall–Kier alpha value is -3.23. The van der Waals surface area contributed by atoms with Gasteiger partial charge in [-0.2, -0.15) is 13.2 Å². The first kappa shape index (κ1) is 22.9. The third-order valence-electron chi connectivity index (χ3n) is 6.00. The Bertz CT molecular complexity index is 1030. The van der Waals surface area contributed by atoms with Gasteiger partial charge in [0.1, 0.15) is 5.75 Å². The number of halogens is 3. The third-order valence-corrected chi connectivity index (χ3v) is 6.00. The molecule has 0 spiro atoms. The van der Waals surface area contributed by atoms with E-state index in [1.807, 2.05) is 30.0 Å². The summed E-state index contributed by atoms with van der Waals surface area (Å²) in [6.07, 6.45) is -3.56. The second kappa shape index (κ2) is 9.33. The minimum Gasteiger partial charge on any atom is -0.482 e. The van der Waals surface area contributed by atoms with Crippen molar-refractivity contribution in [2.24, 2.45) is 0 Å². The molecule has 4 rings (SSSR count). The van der Waals surface area contributed by atoms with E-state index in [1.165, 1.54) is 6.07 Å². The summed E-state index contributed by atoms with van der Waals surface area (Å²) in [5, 5.41) is 0. The van der Waals surface area contributed by atoms with Crippen molar-refractivity contribution in [1.29, 1.82) is 0 Å². The van der Waals surface area contributed by atoms with Gasteiger partial charge in [-0.25, -0.2) is 0 Å². The highest BCUT2D eigenvalue weighted by atomic mass is 19.4. The van der Waals surface area contributed by atoms with Crippen LogP contribution in [0, 0.1) is 6.92 Å². The van der Waals surface area contributed by atoms with Crippen LogP contribution in [0.1, 0.15) is 24.0 Å². The molecule has 2 aliphatic rings. The highest BCUT2D eigenvalue weighted by Crippen LogP contribution is 2.33. The molecule has 2 aliphatic heterocycles. The van der Waals surface area contributed by atoms with E-state index in [1.54, 1.807) is 15.9 Å². The summed E-state index contributed by atoms with van der Waals surface area (Å²) >= 11 is 0. The van der Waals surface area contributed by atoms with Gasteiger partial charge in [0.25, 0.3) is 5.91 Å². The van der Waals surface area contributed by atoms with Crippen LogP contribution in [0.3, 0.4) is 0 Å². The molecule has 2 heterocycles. The number of anilines is 2. The number of hydrogen-bond acceptors (Lipinski definition) is 4. The molecule has 2 aromatic carbocycles. The van der Waals surface area contributed by atoms with Gasteiger partial charge in [-0.15, -0.1) is 0 Å². The zero-order valence-corrected chi connectivity index (χ0v) is 18.4. The maximum Gasteiger partial charge on any atom is 0.416 e. The van der Waals surface area contributed by atoms with Gasteiger partial charge in [0.05, 0.1) is 11.3 Å². The van der Waals surface area contributed by atoms with Crippen LogP contribution in [-0.2, 0) is 15.8 Å². The predicted molar refractivity (Wildman–Crippen MR) is 118 cm³/mol. The van der Waals surface area contributed by atoms with Gasteiger partial charge in [0, 0.05) is 44.8 Å². The molecule has 0 saturated carbocycles. The molecule has 0 unspecified atom stereocenters. The molecule has 176 valence electrons. The first-order valence-corrected chi connectivity index (χ1v) is 11.0. The molecule has 0 aliphatic carbocycles. The molecule has 6 nitrogen and oxygen atoms in total. The fourth-order valence-corrected chi connectivity index (χ4v) is 4.20. The molecule has 1 saturated heterocycles.